The van der Waals surface area contributed by atoms with E-state index >= 15 is 4.11 Å². The number of ether oxygens (including phenoxy) is 1. The molecular weight excluding hydrogens is 593 g/mol. The van der Waals surface area contributed by atoms with Crippen LogP contribution in [0.5, 0.6) is 0 Å². The van der Waals surface area contributed by atoms with Gasteiger partial charge in [-0.3, -0.25) is 14.4 Å². The minimum atomic E-state index is -3.35. The smallest absolute Gasteiger partial charge is 0.264 e. The number of hydrogen-bond acceptors (Lipinski definition) is 7. The van der Waals surface area contributed by atoms with Gasteiger partial charge in [-0.2, -0.15) is 0 Å². The maximum atomic E-state index is 15.9. The molecule has 242 valence electrons. The number of carbonyl (C=O) groups excluding carboxylic acids is 3. The van der Waals surface area contributed by atoms with Gasteiger partial charge in [-0.1, -0.05) is 19.1 Å². The van der Waals surface area contributed by atoms with Crippen LogP contribution in [0.2, 0.25) is 18.6 Å². The molecule has 3 amide bonds. The van der Waals surface area contributed by atoms with E-state index < -0.39 is 31.6 Å². The van der Waals surface area contributed by atoms with E-state index in [1.54, 1.807) is 30.1 Å². The number of nitrogens with zero attached hydrogens (tertiary/aromatic N) is 1. The Labute approximate surface area is 264 Å². The van der Waals surface area contributed by atoms with Crippen LogP contribution < -0.4 is 26.2 Å². The molecule has 3 saturated heterocycles. The molecule has 0 unspecified atom stereocenters. The highest BCUT2D eigenvalue weighted by Gasteiger charge is 2.66. The molecule has 6 atom stereocenters. The van der Waals surface area contributed by atoms with Crippen LogP contribution in [0.4, 0.5) is 21.2 Å². The van der Waals surface area contributed by atoms with Crippen molar-refractivity contribution in [3.8, 4) is 0 Å². The SMILES string of the molecule is C[C@H]1[C@H]([Si](C)(C)F)[C@@H](CCO)O[C@]12C(=O)N(Cc1cccc(NC(=O)[C@H]3CCCN3)c1)c1ccc(NC(=O)[C@H]3CCCN3)cc12. The summed E-state index contributed by atoms with van der Waals surface area (Å²) in [5.74, 6) is -1.02. The molecule has 1 spiro atoms. The lowest BCUT2D eigenvalue weighted by atomic mass is 9.82. The van der Waals surface area contributed by atoms with Crippen molar-refractivity contribution < 1.29 is 28.3 Å². The van der Waals surface area contributed by atoms with Gasteiger partial charge in [0, 0.05) is 35.0 Å². The second-order valence-corrected chi connectivity index (χ2v) is 17.2. The van der Waals surface area contributed by atoms with Gasteiger partial charge in [-0.15, -0.1) is 0 Å². The van der Waals surface area contributed by atoms with Crippen LogP contribution in [0.1, 0.15) is 50.2 Å². The van der Waals surface area contributed by atoms with Crippen molar-refractivity contribution in [2.75, 3.05) is 35.2 Å². The van der Waals surface area contributed by atoms with Gasteiger partial charge in [0.1, 0.15) is 0 Å². The van der Waals surface area contributed by atoms with Crippen LogP contribution in [0.3, 0.4) is 0 Å². The number of hydrogen-bond donors (Lipinski definition) is 5. The lowest BCUT2D eigenvalue weighted by molar-refractivity contribution is -0.146. The molecule has 0 bridgehead atoms. The molecule has 6 rings (SSSR count). The zero-order valence-electron chi connectivity index (χ0n) is 26.2. The third kappa shape index (κ3) is 5.94. The van der Waals surface area contributed by atoms with Crippen molar-refractivity contribution in [1.82, 2.24) is 10.6 Å². The van der Waals surface area contributed by atoms with Gasteiger partial charge in [0.15, 0.2) is 5.60 Å². The Morgan fingerprint density at radius 2 is 1.69 bits per heavy atom. The largest absolute Gasteiger partial charge is 0.396 e. The summed E-state index contributed by atoms with van der Waals surface area (Å²) in [6.07, 6.45) is 3.03. The minimum absolute atomic E-state index is 0.0827. The molecule has 10 nitrogen and oxygen atoms in total. The van der Waals surface area contributed by atoms with Crippen LogP contribution >= 0.6 is 0 Å². The normalized spacial score (nSPS) is 29.4. The number of fused-ring (bicyclic) bond motifs is 2. The molecule has 4 aliphatic rings. The monoisotopic (exact) mass is 637 g/mol. The first kappa shape index (κ1) is 31.8. The summed E-state index contributed by atoms with van der Waals surface area (Å²) in [7, 11) is -3.35. The number of amides is 3. The van der Waals surface area contributed by atoms with Gasteiger partial charge in [0.25, 0.3) is 5.91 Å². The standard InChI is InChI=1S/C33H44FN5O5Si/c1-20-29(45(2,3)34)28(13-16-40)44-33(20)24-18-23(38-31(42)26-10-6-15-36-26)11-12-27(24)39(32(33)43)19-21-7-4-8-22(17-21)37-30(41)25-9-5-14-35-25/h4,7-8,11-12,17-18,20,25-26,28-29,35-36,40H,5-6,9-10,13-16,19H2,1-3H3,(H,37,41)(H,38,42)/t20-,25+,26+,28+,29-,33+/m0/s1. The number of halogens is 1. The molecule has 45 heavy (non-hydrogen) atoms. The first-order valence-corrected chi connectivity index (χ1v) is 19.1. The van der Waals surface area contributed by atoms with Crippen LogP contribution in [0.15, 0.2) is 42.5 Å². The molecule has 12 heteroatoms. The Balaban J connectivity index is 1.34. The third-order valence-corrected chi connectivity index (χ3v) is 12.4. The van der Waals surface area contributed by atoms with Crippen molar-refractivity contribution in [1.29, 1.82) is 0 Å². The van der Waals surface area contributed by atoms with Crippen molar-refractivity contribution in [3.05, 3.63) is 53.6 Å². The third-order valence-electron chi connectivity index (χ3n) is 9.93. The fourth-order valence-electron chi connectivity index (χ4n) is 7.88. The Morgan fingerprint density at radius 3 is 2.27 bits per heavy atom. The number of rotatable bonds is 9. The predicted molar refractivity (Wildman–Crippen MR) is 173 cm³/mol. The van der Waals surface area contributed by atoms with E-state index in [2.05, 4.69) is 21.3 Å². The fourth-order valence-corrected chi connectivity index (χ4v) is 10.4. The number of benzene rings is 2. The van der Waals surface area contributed by atoms with E-state index in [-0.39, 0.29) is 49.4 Å². The topological polar surface area (TPSA) is 132 Å². The molecule has 3 fully saturated rings. The average molecular weight is 638 g/mol. The molecule has 2 aromatic carbocycles. The lowest BCUT2D eigenvalue weighted by Crippen LogP contribution is -2.45. The van der Waals surface area contributed by atoms with E-state index in [0.717, 1.165) is 44.3 Å². The summed E-state index contributed by atoms with van der Waals surface area (Å²) in [6, 6.07) is 12.3. The van der Waals surface area contributed by atoms with E-state index in [1.807, 2.05) is 37.3 Å². The second-order valence-electron chi connectivity index (χ2n) is 13.4. The Kier molecular flexibility index (Phi) is 8.88. The summed E-state index contributed by atoms with van der Waals surface area (Å²) < 4.78 is 22.6. The quantitative estimate of drug-likeness (QED) is 0.209. The maximum absolute atomic E-state index is 15.9. The summed E-state index contributed by atoms with van der Waals surface area (Å²) in [4.78, 5) is 42.1. The molecule has 0 saturated carbocycles. The van der Waals surface area contributed by atoms with Crippen LogP contribution in [-0.4, -0.2) is 69.1 Å². The van der Waals surface area contributed by atoms with Crippen molar-refractivity contribution in [3.63, 3.8) is 0 Å². The average Bonchev–Trinajstić information content (AvgIpc) is 3.80. The Morgan fingerprint density at radius 1 is 1.04 bits per heavy atom. The summed E-state index contributed by atoms with van der Waals surface area (Å²) in [6.45, 7) is 6.77. The molecule has 4 heterocycles. The number of aliphatic hydroxyl groups excluding tert-OH is 1. The van der Waals surface area contributed by atoms with Gasteiger partial charge >= 0.3 is 0 Å². The molecule has 0 aliphatic carbocycles. The van der Waals surface area contributed by atoms with Crippen LogP contribution in [0.25, 0.3) is 0 Å². The molecule has 0 aromatic heterocycles. The van der Waals surface area contributed by atoms with Crippen molar-refractivity contribution in [2.45, 2.75) is 88.0 Å². The summed E-state index contributed by atoms with van der Waals surface area (Å²) >= 11 is 0. The zero-order valence-corrected chi connectivity index (χ0v) is 27.2. The second kappa shape index (κ2) is 12.6. The highest BCUT2D eigenvalue weighted by atomic mass is 28.4. The maximum Gasteiger partial charge on any atom is 0.264 e. The Bertz CT molecular complexity index is 1460. The van der Waals surface area contributed by atoms with Crippen LogP contribution in [0, 0.1) is 5.92 Å². The van der Waals surface area contributed by atoms with E-state index in [4.69, 9.17) is 4.74 Å². The van der Waals surface area contributed by atoms with E-state index in [9.17, 15) is 19.5 Å². The van der Waals surface area contributed by atoms with Gasteiger partial charge in [-0.05, 0) is 94.2 Å². The highest BCUT2D eigenvalue weighted by molar-refractivity contribution is 6.72. The molecule has 5 N–H and O–H groups in total. The first-order chi connectivity index (χ1) is 21.5. The first-order valence-electron chi connectivity index (χ1n) is 16.1. The number of carbonyl (C=O) groups is 3. The minimum Gasteiger partial charge on any atom is -0.396 e. The van der Waals surface area contributed by atoms with Crippen molar-refractivity contribution >= 4 is 43.2 Å². The van der Waals surface area contributed by atoms with Gasteiger partial charge in [0.05, 0.1) is 30.4 Å². The predicted octanol–water partition coefficient (Wildman–Crippen LogP) is 3.77. The number of anilines is 3. The lowest BCUT2D eigenvalue weighted by Gasteiger charge is -2.31. The van der Waals surface area contributed by atoms with Gasteiger partial charge in [-0.25, -0.2) is 0 Å². The highest BCUT2D eigenvalue weighted by Crippen LogP contribution is 2.60. The fraction of sp³-hybridized carbons (Fsp3) is 0.545. The molecular formula is C33H44FN5O5Si. The van der Waals surface area contributed by atoms with Gasteiger partial charge < -0.3 is 40.1 Å². The summed E-state index contributed by atoms with van der Waals surface area (Å²) in [5.41, 5.74) is 1.23. The van der Waals surface area contributed by atoms with Crippen LogP contribution in [-0.2, 0) is 31.3 Å². The molecule has 4 aliphatic heterocycles. The van der Waals surface area contributed by atoms with Crippen molar-refractivity contribution in [2.24, 2.45) is 5.92 Å². The van der Waals surface area contributed by atoms with Gasteiger partial charge in [0.2, 0.25) is 20.2 Å². The van der Waals surface area contributed by atoms with E-state index in [0.29, 0.717) is 22.6 Å². The molecule has 2 aromatic rings. The number of aliphatic hydroxyl groups is 1. The Hall–Kier alpha value is -3.16. The summed E-state index contributed by atoms with van der Waals surface area (Å²) in [5, 5.41) is 22.3. The zero-order chi connectivity index (χ0) is 31.9. The van der Waals surface area contributed by atoms with E-state index in [1.165, 1.54) is 0 Å². The number of nitrogens with one attached hydrogen (secondary N) is 4. The molecule has 0 radical (unpaired) electrons.